The number of rotatable bonds is 5. The van der Waals surface area contributed by atoms with Crippen LogP contribution >= 0.6 is 23.2 Å². The third kappa shape index (κ3) is 4.15. The molecule has 0 radical (unpaired) electrons. The van der Waals surface area contributed by atoms with Crippen molar-refractivity contribution in [1.82, 2.24) is 0 Å². The number of halogens is 3. The van der Waals surface area contributed by atoms with Crippen LogP contribution in [0.25, 0.3) is 0 Å². The topological polar surface area (TPSA) is 64.2 Å². The highest BCUT2D eigenvalue weighted by Crippen LogP contribution is 2.34. The number of quaternary nitrogens is 1. The summed E-state index contributed by atoms with van der Waals surface area (Å²) in [6.07, 6.45) is 0. The smallest absolute Gasteiger partial charge is 0.279 e. The molecule has 0 spiro atoms. The lowest BCUT2D eigenvalue weighted by Gasteiger charge is -2.13. The fourth-order valence-corrected chi connectivity index (χ4v) is 3.04. The maximum absolute atomic E-state index is 13.6. The molecule has 0 saturated carbocycles. The molecule has 1 aliphatic heterocycles. The number of anilines is 1. The lowest BCUT2D eigenvalue weighted by molar-refractivity contribution is -0.682. The zero-order chi connectivity index (χ0) is 18.0. The molecule has 3 rings (SSSR count). The monoisotopic (exact) mass is 385 g/mol. The molecule has 25 heavy (non-hydrogen) atoms. The standard InChI is InChI=1S/C17H15Cl2FN2O3/c1-9(11-5-14(20)13(19)6-12(11)18)21-7-17(23)22-10-2-3-15-16(4-10)25-8-24-15/h2-6,9,21H,7-8H2,1H3,(H,22,23)/p+1/t9-/m0/s1. The highest BCUT2D eigenvalue weighted by molar-refractivity contribution is 6.35. The lowest BCUT2D eigenvalue weighted by Crippen LogP contribution is -2.86. The summed E-state index contributed by atoms with van der Waals surface area (Å²) < 4.78 is 24.1. The van der Waals surface area contributed by atoms with E-state index in [-0.39, 0.29) is 30.3 Å². The molecule has 132 valence electrons. The number of nitrogens with two attached hydrogens (primary N) is 1. The van der Waals surface area contributed by atoms with Gasteiger partial charge in [0.05, 0.1) is 10.0 Å². The molecule has 0 saturated heterocycles. The van der Waals surface area contributed by atoms with E-state index in [4.69, 9.17) is 32.7 Å². The van der Waals surface area contributed by atoms with Crippen LogP contribution in [0.3, 0.4) is 0 Å². The van der Waals surface area contributed by atoms with Gasteiger partial charge in [0.25, 0.3) is 5.91 Å². The fourth-order valence-electron chi connectivity index (χ4n) is 2.48. The first-order valence-corrected chi connectivity index (χ1v) is 8.37. The number of hydrogen-bond donors (Lipinski definition) is 2. The highest BCUT2D eigenvalue weighted by Gasteiger charge is 2.18. The third-order valence-electron chi connectivity index (χ3n) is 3.84. The molecule has 1 atom stereocenters. The normalized spacial score (nSPS) is 13.6. The van der Waals surface area contributed by atoms with Gasteiger partial charge in [-0.05, 0) is 31.2 Å². The zero-order valence-electron chi connectivity index (χ0n) is 13.3. The predicted octanol–water partition coefficient (Wildman–Crippen LogP) is 3.12. The van der Waals surface area contributed by atoms with Crippen molar-refractivity contribution in [3.63, 3.8) is 0 Å². The van der Waals surface area contributed by atoms with Crippen LogP contribution in [0.2, 0.25) is 10.0 Å². The number of benzene rings is 2. The van der Waals surface area contributed by atoms with Gasteiger partial charge < -0.3 is 20.1 Å². The van der Waals surface area contributed by atoms with Crippen molar-refractivity contribution < 1.29 is 24.0 Å². The number of amides is 1. The lowest BCUT2D eigenvalue weighted by atomic mass is 10.1. The molecule has 0 unspecified atom stereocenters. The van der Waals surface area contributed by atoms with E-state index < -0.39 is 5.82 Å². The summed E-state index contributed by atoms with van der Waals surface area (Å²) in [5, 5.41) is 4.88. The van der Waals surface area contributed by atoms with E-state index in [0.29, 0.717) is 27.8 Å². The van der Waals surface area contributed by atoms with Crippen LogP contribution in [0, 0.1) is 5.82 Å². The molecule has 0 fully saturated rings. The quantitative estimate of drug-likeness (QED) is 0.777. The van der Waals surface area contributed by atoms with E-state index in [2.05, 4.69) is 5.32 Å². The van der Waals surface area contributed by atoms with Crippen LogP contribution in [-0.2, 0) is 4.79 Å². The van der Waals surface area contributed by atoms with E-state index in [9.17, 15) is 9.18 Å². The Morgan fingerprint density at radius 3 is 2.80 bits per heavy atom. The summed E-state index contributed by atoms with van der Waals surface area (Å²) in [6.45, 7) is 2.16. The molecule has 0 bridgehead atoms. The number of ether oxygens (including phenoxy) is 2. The average molecular weight is 386 g/mol. The van der Waals surface area contributed by atoms with Crippen LogP contribution in [0.15, 0.2) is 30.3 Å². The van der Waals surface area contributed by atoms with Crippen molar-refractivity contribution in [2.75, 3.05) is 18.7 Å². The van der Waals surface area contributed by atoms with Crippen molar-refractivity contribution >= 4 is 34.8 Å². The van der Waals surface area contributed by atoms with E-state index in [1.807, 2.05) is 6.92 Å². The Balaban J connectivity index is 1.58. The second-order valence-corrected chi connectivity index (χ2v) is 6.45. The van der Waals surface area contributed by atoms with Crippen LogP contribution in [0.1, 0.15) is 18.5 Å². The largest absolute Gasteiger partial charge is 0.454 e. The van der Waals surface area contributed by atoms with E-state index in [0.717, 1.165) is 0 Å². The summed E-state index contributed by atoms with van der Waals surface area (Å²) in [5.74, 6) is 0.513. The molecule has 0 aliphatic carbocycles. The Labute approximate surface area is 154 Å². The summed E-state index contributed by atoms with van der Waals surface area (Å²) in [7, 11) is 0. The second kappa shape index (κ2) is 7.47. The number of fused-ring (bicyclic) bond motifs is 1. The summed E-state index contributed by atoms with van der Waals surface area (Å²) in [6, 6.07) is 7.63. The van der Waals surface area contributed by atoms with Crippen molar-refractivity contribution in [3.05, 3.63) is 51.8 Å². The number of nitrogens with one attached hydrogen (secondary N) is 1. The first kappa shape index (κ1) is 17.8. The molecule has 8 heteroatoms. The van der Waals surface area contributed by atoms with Crippen molar-refractivity contribution in [1.29, 1.82) is 0 Å². The fraction of sp³-hybridized carbons (Fsp3) is 0.235. The average Bonchev–Trinajstić information content (AvgIpc) is 3.03. The van der Waals surface area contributed by atoms with Gasteiger partial charge in [0, 0.05) is 17.3 Å². The van der Waals surface area contributed by atoms with Gasteiger partial charge in [-0.15, -0.1) is 0 Å². The maximum atomic E-state index is 13.6. The molecular weight excluding hydrogens is 370 g/mol. The van der Waals surface area contributed by atoms with Gasteiger partial charge in [-0.3, -0.25) is 4.79 Å². The van der Waals surface area contributed by atoms with Gasteiger partial charge in [-0.2, -0.15) is 0 Å². The van der Waals surface area contributed by atoms with Crippen molar-refractivity contribution in [2.24, 2.45) is 0 Å². The van der Waals surface area contributed by atoms with Gasteiger partial charge in [0.2, 0.25) is 6.79 Å². The van der Waals surface area contributed by atoms with Crippen LogP contribution in [0.4, 0.5) is 10.1 Å². The molecule has 5 nitrogen and oxygen atoms in total. The molecular formula is C17H16Cl2FN2O3+. The SMILES string of the molecule is C[C@H]([NH2+]CC(=O)Nc1ccc2c(c1)OCO2)c1cc(F)c(Cl)cc1Cl. The van der Waals surface area contributed by atoms with Gasteiger partial charge in [0.1, 0.15) is 11.9 Å². The molecule has 1 aliphatic rings. The summed E-state index contributed by atoms with van der Waals surface area (Å²) in [5.41, 5.74) is 1.20. The Morgan fingerprint density at radius 2 is 2.00 bits per heavy atom. The molecule has 0 aromatic heterocycles. The highest BCUT2D eigenvalue weighted by atomic mass is 35.5. The summed E-state index contributed by atoms with van der Waals surface area (Å²) >= 11 is 11.8. The molecule has 2 aromatic carbocycles. The van der Waals surface area contributed by atoms with E-state index in [1.54, 1.807) is 23.5 Å². The Bertz CT molecular complexity index is 817. The van der Waals surface area contributed by atoms with Gasteiger partial charge in [-0.25, -0.2) is 4.39 Å². The minimum Gasteiger partial charge on any atom is -0.454 e. The second-order valence-electron chi connectivity index (χ2n) is 5.63. The minimum atomic E-state index is -0.536. The van der Waals surface area contributed by atoms with Crippen molar-refractivity contribution in [3.8, 4) is 11.5 Å². The third-order valence-corrected chi connectivity index (χ3v) is 4.46. The zero-order valence-corrected chi connectivity index (χ0v) is 14.8. The van der Waals surface area contributed by atoms with E-state index >= 15 is 0 Å². The van der Waals surface area contributed by atoms with Crippen LogP contribution in [-0.4, -0.2) is 19.2 Å². The first-order chi connectivity index (χ1) is 11.9. The number of carbonyl (C=O) groups excluding carboxylic acids is 1. The Hall–Kier alpha value is -2.02. The summed E-state index contributed by atoms with van der Waals surface area (Å²) in [4.78, 5) is 12.1. The molecule has 1 heterocycles. The number of carbonyl (C=O) groups is 1. The van der Waals surface area contributed by atoms with E-state index in [1.165, 1.54) is 12.1 Å². The minimum absolute atomic E-state index is 0.0264. The van der Waals surface area contributed by atoms with Gasteiger partial charge >= 0.3 is 0 Å². The maximum Gasteiger partial charge on any atom is 0.279 e. The van der Waals surface area contributed by atoms with Crippen LogP contribution in [0.5, 0.6) is 11.5 Å². The van der Waals surface area contributed by atoms with Gasteiger partial charge in [0.15, 0.2) is 18.0 Å². The van der Waals surface area contributed by atoms with Gasteiger partial charge in [-0.1, -0.05) is 23.2 Å². The Morgan fingerprint density at radius 1 is 1.24 bits per heavy atom. The Kier molecular flexibility index (Phi) is 5.32. The van der Waals surface area contributed by atoms with Crippen LogP contribution < -0.4 is 20.1 Å². The first-order valence-electron chi connectivity index (χ1n) is 7.61. The molecule has 2 aromatic rings. The molecule has 3 N–H and O–H groups in total. The predicted molar refractivity (Wildman–Crippen MR) is 92.8 cm³/mol. The van der Waals surface area contributed by atoms with Crippen molar-refractivity contribution in [2.45, 2.75) is 13.0 Å². The molecule has 1 amide bonds. The number of hydrogen-bond acceptors (Lipinski definition) is 3.